The number of carbonyl (C=O) groups is 1. The standard InChI is InChI=1S/C16H18N2O2/c1-11-9-14(19)7-8-15(11)16(20)18(3)10-13-6-4-5-12(2)17-13/h4-9,19H,10H2,1-3H3. The maximum absolute atomic E-state index is 12.4. The number of hydrogen-bond donors (Lipinski definition) is 1. The molecular weight excluding hydrogens is 252 g/mol. The van der Waals surface area contributed by atoms with E-state index in [0.717, 1.165) is 17.0 Å². The molecule has 0 aliphatic carbocycles. The molecule has 1 aromatic heterocycles. The Morgan fingerprint density at radius 3 is 2.65 bits per heavy atom. The van der Waals surface area contributed by atoms with Gasteiger partial charge in [-0.1, -0.05) is 6.07 Å². The van der Waals surface area contributed by atoms with Crippen molar-refractivity contribution in [3.8, 4) is 5.75 Å². The Hall–Kier alpha value is -2.36. The molecule has 4 nitrogen and oxygen atoms in total. The van der Waals surface area contributed by atoms with Gasteiger partial charge in [0.2, 0.25) is 0 Å². The average Bonchev–Trinajstić information content (AvgIpc) is 2.38. The van der Waals surface area contributed by atoms with Crippen LogP contribution < -0.4 is 0 Å². The Morgan fingerprint density at radius 2 is 2.00 bits per heavy atom. The molecule has 2 rings (SSSR count). The second-order valence-corrected chi connectivity index (χ2v) is 4.93. The molecule has 0 aliphatic heterocycles. The highest BCUT2D eigenvalue weighted by atomic mass is 16.3. The van der Waals surface area contributed by atoms with Crippen LogP contribution in [-0.2, 0) is 6.54 Å². The summed E-state index contributed by atoms with van der Waals surface area (Å²) >= 11 is 0. The fraction of sp³-hybridized carbons (Fsp3) is 0.250. The summed E-state index contributed by atoms with van der Waals surface area (Å²) in [6.07, 6.45) is 0. The van der Waals surface area contributed by atoms with Crippen LogP contribution in [0.25, 0.3) is 0 Å². The van der Waals surface area contributed by atoms with Crippen LogP contribution in [0, 0.1) is 13.8 Å². The summed E-state index contributed by atoms with van der Waals surface area (Å²) in [5.74, 6) is 0.0906. The van der Waals surface area contributed by atoms with Crippen LogP contribution in [0.1, 0.15) is 27.3 Å². The number of aryl methyl sites for hydroxylation is 2. The SMILES string of the molecule is Cc1cccc(CN(C)C(=O)c2ccc(O)cc2C)n1. The molecule has 1 N–H and O–H groups in total. The summed E-state index contributed by atoms with van der Waals surface area (Å²) in [5.41, 5.74) is 3.15. The minimum absolute atomic E-state index is 0.0780. The third-order valence-electron chi connectivity index (χ3n) is 3.13. The minimum atomic E-state index is -0.0780. The smallest absolute Gasteiger partial charge is 0.254 e. The number of aromatic hydroxyl groups is 1. The lowest BCUT2D eigenvalue weighted by atomic mass is 10.1. The van der Waals surface area contributed by atoms with Gasteiger partial charge in [-0.25, -0.2) is 0 Å². The van der Waals surface area contributed by atoms with Gasteiger partial charge in [0, 0.05) is 18.3 Å². The Kier molecular flexibility index (Phi) is 4.03. The molecule has 0 atom stereocenters. The van der Waals surface area contributed by atoms with E-state index >= 15 is 0 Å². The largest absolute Gasteiger partial charge is 0.508 e. The Balaban J connectivity index is 2.16. The number of carbonyl (C=O) groups excluding carboxylic acids is 1. The first-order valence-corrected chi connectivity index (χ1v) is 6.45. The van der Waals surface area contributed by atoms with Gasteiger partial charge in [-0.2, -0.15) is 0 Å². The third kappa shape index (κ3) is 3.15. The normalized spacial score (nSPS) is 10.3. The highest BCUT2D eigenvalue weighted by Gasteiger charge is 2.15. The quantitative estimate of drug-likeness (QED) is 0.933. The number of phenolic OH excluding ortho intramolecular Hbond substituents is 1. The number of nitrogens with zero attached hydrogens (tertiary/aromatic N) is 2. The number of phenols is 1. The van der Waals surface area contributed by atoms with Crippen molar-refractivity contribution >= 4 is 5.91 Å². The van der Waals surface area contributed by atoms with Crippen molar-refractivity contribution in [2.75, 3.05) is 7.05 Å². The molecule has 4 heteroatoms. The van der Waals surface area contributed by atoms with Gasteiger partial charge >= 0.3 is 0 Å². The van der Waals surface area contributed by atoms with Crippen LogP contribution in [0.3, 0.4) is 0 Å². The Labute approximate surface area is 118 Å². The zero-order valence-corrected chi connectivity index (χ0v) is 11.9. The summed E-state index contributed by atoms with van der Waals surface area (Å²) in [4.78, 5) is 18.4. The van der Waals surface area contributed by atoms with E-state index in [1.807, 2.05) is 32.0 Å². The minimum Gasteiger partial charge on any atom is -0.508 e. The molecule has 0 aliphatic rings. The van der Waals surface area contributed by atoms with E-state index in [1.165, 1.54) is 6.07 Å². The molecule has 0 spiro atoms. The summed E-state index contributed by atoms with van der Waals surface area (Å²) < 4.78 is 0. The van der Waals surface area contributed by atoms with Crippen molar-refractivity contribution in [3.05, 3.63) is 58.9 Å². The van der Waals surface area contributed by atoms with Crippen LogP contribution in [0.15, 0.2) is 36.4 Å². The van der Waals surface area contributed by atoms with Gasteiger partial charge in [-0.15, -0.1) is 0 Å². The third-order valence-corrected chi connectivity index (χ3v) is 3.13. The topological polar surface area (TPSA) is 53.4 Å². The van der Waals surface area contributed by atoms with Crippen LogP contribution in [0.2, 0.25) is 0 Å². The number of aromatic nitrogens is 1. The maximum atomic E-state index is 12.4. The van der Waals surface area contributed by atoms with E-state index in [4.69, 9.17) is 0 Å². The second-order valence-electron chi connectivity index (χ2n) is 4.93. The first-order chi connectivity index (χ1) is 9.47. The van der Waals surface area contributed by atoms with E-state index in [-0.39, 0.29) is 11.7 Å². The van der Waals surface area contributed by atoms with Crippen LogP contribution in [0.4, 0.5) is 0 Å². The molecular formula is C16H18N2O2. The first kappa shape index (κ1) is 14.1. The monoisotopic (exact) mass is 270 g/mol. The van der Waals surface area contributed by atoms with Crippen molar-refractivity contribution < 1.29 is 9.90 Å². The number of rotatable bonds is 3. The number of benzene rings is 1. The van der Waals surface area contributed by atoms with Gasteiger partial charge in [-0.05, 0) is 49.7 Å². The number of pyridine rings is 1. The van der Waals surface area contributed by atoms with Crippen LogP contribution >= 0.6 is 0 Å². The van der Waals surface area contributed by atoms with Crippen molar-refractivity contribution in [2.45, 2.75) is 20.4 Å². The lowest BCUT2D eigenvalue weighted by Crippen LogP contribution is -2.27. The van der Waals surface area contributed by atoms with Crippen LogP contribution in [0.5, 0.6) is 5.75 Å². The van der Waals surface area contributed by atoms with E-state index in [0.29, 0.717) is 12.1 Å². The molecule has 0 saturated carbocycles. The first-order valence-electron chi connectivity index (χ1n) is 6.45. The molecule has 2 aromatic rings. The van der Waals surface area contributed by atoms with E-state index in [1.54, 1.807) is 24.1 Å². The predicted molar refractivity (Wildman–Crippen MR) is 77.6 cm³/mol. The van der Waals surface area contributed by atoms with Crippen LogP contribution in [-0.4, -0.2) is 27.9 Å². The van der Waals surface area contributed by atoms with Gasteiger partial charge in [0.25, 0.3) is 5.91 Å². The van der Waals surface area contributed by atoms with Gasteiger partial charge in [0.15, 0.2) is 0 Å². The number of hydrogen-bond acceptors (Lipinski definition) is 3. The van der Waals surface area contributed by atoms with Crippen molar-refractivity contribution in [3.63, 3.8) is 0 Å². The molecule has 0 radical (unpaired) electrons. The fourth-order valence-electron chi connectivity index (χ4n) is 2.10. The van der Waals surface area contributed by atoms with Crippen molar-refractivity contribution in [1.29, 1.82) is 0 Å². The van der Waals surface area contributed by atoms with Gasteiger partial charge in [0.1, 0.15) is 5.75 Å². The highest BCUT2D eigenvalue weighted by Crippen LogP contribution is 2.17. The molecule has 1 heterocycles. The summed E-state index contributed by atoms with van der Waals surface area (Å²) in [6.45, 7) is 4.20. The molecule has 0 saturated heterocycles. The summed E-state index contributed by atoms with van der Waals surface area (Å²) in [5, 5.41) is 9.39. The molecule has 0 unspecified atom stereocenters. The molecule has 20 heavy (non-hydrogen) atoms. The molecule has 0 bridgehead atoms. The molecule has 1 aromatic carbocycles. The van der Waals surface area contributed by atoms with Gasteiger partial charge < -0.3 is 10.0 Å². The highest BCUT2D eigenvalue weighted by molar-refractivity contribution is 5.95. The number of amides is 1. The van der Waals surface area contributed by atoms with Gasteiger partial charge in [-0.3, -0.25) is 9.78 Å². The lowest BCUT2D eigenvalue weighted by Gasteiger charge is -2.18. The van der Waals surface area contributed by atoms with E-state index < -0.39 is 0 Å². The molecule has 104 valence electrons. The fourth-order valence-corrected chi connectivity index (χ4v) is 2.10. The Morgan fingerprint density at radius 1 is 1.25 bits per heavy atom. The molecule has 1 amide bonds. The summed E-state index contributed by atoms with van der Waals surface area (Å²) in [7, 11) is 1.75. The molecule has 0 fully saturated rings. The summed E-state index contributed by atoms with van der Waals surface area (Å²) in [6, 6.07) is 10.5. The predicted octanol–water partition coefficient (Wildman–Crippen LogP) is 2.68. The average molecular weight is 270 g/mol. The van der Waals surface area contributed by atoms with Crippen molar-refractivity contribution in [2.24, 2.45) is 0 Å². The van der Waals surface area contributed by atoms with Crippen molar-refractivity contribution in [1.82, 2.24) is 9.88 Å². The maximum Gasteiger partial charge on any atom is 0.254 e. The Bertz CT molecular complexity index is 638. The van der Waals surface area contributed by atoms with Gasteiger partial charge in [0.05, 0.1) is 12.2 Å². The second kappa shape index (κ2) is 5.74. The lowest BCUT2D eigenvalue weighted by molar-refractivity contribution is 0.0782. The van der Waals surface area contributed by atoms with E-state index in [9.17, 15) is 9.90 Å². The zero-order valence-electron chi connectivity index (χ0n) is 11.9. The zero-order chi connectivity index (χ0) is 14.7. The van der Waals surface area contributed by atoms with E-state index in [2.05, 4.69) is 4.98 Å².